The maximum atomic E-state index is 12.5. The molecule has 0 unspecified atom stereocenters. The van der Waals surface area contributed by atoms with Crippen molar-refractivity contribution in [3.05, 3.63) is 35.5 Å². The first-order chi connectivity index (χ1) is 11.4. The van der Waals surface area contributed by atoms with Crippen LogP contribution in [0.1, 0.15) is 59.3 Å². The summed E-state index contributed by atoms with van der Waals surface area (Å²) in [7, 11) is 0. The standard InChI is InChI=1S/C22H28O2.2ClH/c1-4-20(24)19-8-7-17-16-6-5-14-13-15(23)9-11-21(14,2)18(16)10-12-22(17,19)3;;/h9-11,13,16-17,19H,4-8,12H2,1-3H3;2*1H/t16-,17-,19+,21-,22-;;/m0../s1. The van der Waals surface area contributed by atoms with Crippen LogP contribution >= 0.6 is 24.8 Å². The molecular weight excluding hydrogens is 367 g/mol. The number of Topliss-reactive ketones (excluding diaryl/α,β-unsaturated/α-hetero) is 1. The molecule has 0 aromatic heterocycles. The van der Waals surface area contributed by atoms with Gasteiger partial charge in [-0.05, 0) is 68.4 Å². The second-order valence-corrected chi connectivity index (χ2v) is 8.68. The van der Waals surface area contributed by atoms with Crippen LogP contribution in [0.3, 0.4) is 0 Å². The second kappa shape index (κ2) is 7.28. The number of fused-ring (bicyclic) bond motifs is 5. The fourth-order valence-electron chi connectivity index (χ4n) is 6.30. The smallest absolute Gasteiger partial charge is 0.178 e. The summed E-state index contributed by atoms with van der Waals surface area (Å²) in [5.74, 6) is 2.05. The largest absolute Gasteiger partial charge is 0.299 e. The Balaban J connectivity index is 0.00000121. The fraction of sp³-hybridized carbons (Fsp3) is 0.636. The van der Waals surface area contributed by atoms with Crippen LogP contribution in [-0.4, -0.2) is 11.6 Å². The molecule has 2 nitrogen and oxygen atoms in total. The lowest BCUT2D eigenvalue weighted by atomic mass is 9.52. The SMILES string of the molecule is CCC(=O)[C@H]1CC[C@H]2[C@@H]3CCC4=CC(=O)C=C[C@]4(C)C3=CC[C@]12C.Cl.Cl. The zero-order valence-corrected chi connectivity index (χ0v) is 17.6. The van der Waals surface area contributed by atoms with Crippen LogP contribution in [0.4, 0.5) is 0 Å². The third-order valence-electron chi connectivity index (χ3n) is 7.68. The Morgan fingerprint density at radius 1 is 1.19 bits per heavy atom. The summed E-state index contributed by atoms with van der Waals surface area (Å²) in [6.45, 7) is 6.65. The predicted octanol–water partition coefficient (Wildman–Crippen LogP) is 5.65. The van der Waals surface area contributed by atoms with Gasteiger partial charge in [-0.15, -0.1) is 24.8 Å². The maximum absolute atomic E-state index is 12.5. The van der Waals surface area contributed by atoms with Crippen LogP contribution in [0.5, 0.6) is 0 Å². The molecule has 4 aliphatic rings. The summed E-state index contributed by atoms with van der Waals surface area (Å²) in [6, 6.07) is 0. The predicted molar refractivity (Wildman–Crippen MR) is 110 cm³/mol. The van der Waals surface area contributed by atoms with Gasteiger partial charge in [-0.2, -0.15) is 0 Å². The van der Waals surface area contributed by atoms with Gasteiger partial charge < -0.3 is 0 Å². The Kier molecular flexibility index (Phi) is 6.00. The summed E-state index contributed by atoms with van der Waals surface area (Å²) in [4.78, 5) is 24.3. The number of carbonyl (C=O) groups excluding carboxylic acids is 2. The molecule has 0 amide bonds. The molecule has 0 saturated heterocycles. The molecule has 144 valence electrons. The average Bonchev–Trinajstić information content (AvgIpc) is 2.92. The first-order valence-electron chi connectivity index (χ1n) is 9.57. The Morgan fingerprint density at radius 3 is 2.62 bits per heavy atom. The van der Waals surface area contributed by atoms with Crippen molar-refractivity contribution in [3.63, 3.8) is 0 Å². The van der Waals surface area contributed by atoms with Gasteiger partial charge in [0.25, 0.3) is 0 Å². The molecule has 4 aliphatic carbocycles. The molecule has 0 aromatic rings. The number of allylic oxidation sites excluding steroid dienone is 6. The minimum absolute atomic E-state index is 0. The maximum Gasteiger partial charge on any atom is 0.178 e. The summed E-state index contributed by atoms with van der Waals surface area (Å²) < 4.78 is 0. The Morgan fingerprint density at radius 2 is 1.92 bits per heavy atom. The van der Waals surface area contributed by atoms with Crippen molar-refractivity contribution in [2.45, 2.75) is 59.3 Å². The van der Waals surface area contributed by atoms with Crippen molar-refractivity contribution in [2.75, 3.05) is 0 Å². The van der Waals surface area contributed by atoms with Gasteiger partial charge in [-0.25, -0.2) is 0 Å². The highest BCUT2D eigenvalue weighted by molar-refractivity contribution is 6.01. The van der Waals surface area contributed by atoms with E-state index in [9.17, 15) is 9.59 Å². The van der Waals surface area contributed by atoms with Gasteiger partial charge in [-0.1, -0.05) is 37.1 Å². The van der Waals surface area contributed by atoms with Gasteiger partial charge in [-0.3, -0.25) is 9.59 Å². The Labute approximate surface area is 169 Å². The molecule has 0 N–H and O–H groups in total. The van der Waals surface area contributed by atoms with Crippen molar-refractivity contribution in [3.8, 4) is 0 Å². The highest BCUT2D eigenvalue weighted by Gasteiger charge is 2.56. The lowest BCUT2D eigenvalue weighted by Crippen LogP contribution is -2.44. The van der Waals surface area contributed by atoms with Crippen LogP contribution in [-0.2, 0) is 9.59 Å². The number of rotatable bonds is 2. The third-order valence-corrected chi connectivity index (χ3v) is 7.68. The van der Waals surface area contributed by atoms with Crippen LogP contribution in [0.15, 0.2) is 35.5 Å². The molecular formula is C22H30Cl2O2. The second-order valence-electron chi connectivity index (χ2n) is 8.68. The minimum Gasteiger partial charge on any atom is -0.299 e. The third kappa shape index (κ3) is 2.85. The lowest BCUT2D eigenvalue weighted by molar-refractivity contribution is -0.126. The van der Waals surface area contributed by atoms with E-state index in [1.54, 1.807) is 6.08 Å². The van der Waals surface area contributed by atoms with Crippen molar-refractivity contribution < 1.29 is 9.59 Å². The van der Waals surface area contributed by atoms with Crippen LogP contribution in [0.2, 0.25) is 0 Å². The first-order valence-corrected chi connectivity index (χ1v) is 9.57. The molecule has 26 heavy (non-hydrogen) atoms. The zero-order chi connectivity index (χ0) is 17.1. The van der Waals surface area contributed by atoms with Crippen LogP contribution in [0, 0.1) is 28.6 Å². The molecule has 4 rings (SSSR count). The molecule has 0 radical (unpaired) electrons. The number of hydrogen-bond donors (Lipinski definition) is 0. The lowest BCUT2D eigenvalue weighted by Gasteiger charge is -2.52. The minimum atomic E-state index is -0.0645. The van der Waals surface area contributed by atoms with E-state index >= 15 is 0 Å². The van der Waals surface area contributed by atoms with E-state index in [0.29, 0.717) is 24.0 Å². The van der Waals surface area contributed by atoms with E-state index in [4.69, 9.17) is 0 Å². The summed E-state index contributed by atoms with van der Waals surface area (Å²) in [5.41, 5.74) is 2.90. The molecule has 0 aliphatic heterocycles. The average molecular weight is 397 g/mol. The quantitative estimate of drug-likeness (QED) is 0.564. The van der Waals surface area contributed by atoms with Crippen molar-refractivity contribution in [2.24, 2.45) is 28.6 Å². The van der Waals surface area contributed by atoms with Crippen molar-refractivity contribution in [1.29, 1.82) is 0 Å². The number of carbonyl (C=O) groups is 2. The number of halogens is 2. The molecule has 4 heteroatoms. The van der Waals surface area contributed by atoms with Crippen LogP contribution < -0.4 is 0 Å². The molecule has 0 spiro atoms. The van der Waals surface area contributed by atoms with Crippen molar-refractivity contribution in [1.82, 2.24) is 0 Å². The number of hydrogen-bond acceptors (Lipinski definition) is 2. The monoisotopic (exact) mass is 396 g/mol. The molecule has 2 fully saturated rings. The van der Waals surface area contributed by atoms with E-state index in [1.165, 1.54) is 17.6 Å². The molecule has 0 bridgehead atoms. The van der Waals surface area contributed by atoms with Gasteiger partial charge >= 0.3 is 0 Å². The van der Waals surface area contributed by atoms with Crippen molar-refractivity contribution >= 4 is 36.4 Å². The summed E-state index contributed by atoms with van der Waals surface area (Å²) >= 11 is 0. The van der Waals surface area contributed by atoms with E-state index in [0.717, 1.165) is 25.7 Å². The van der Waals surface area contributed by atoms with E-state index in [-0.39, 0.29) is 47.3 Å². The summed E-state index contributed by atoms with van der Waals surface area (Å²) in [5, 5.41) is 0. The van der Waals surface area contributed by atoms with Gasteiger partial charge in [0.2, 0.25) is 0 Å². The highest BCUT2D eigenvalue weighted by atomic mass is 35.5. The van der Waals surface area contributed by atoms with Gasteiger partial charge in [0, 0.05) is 17.8 Å². The Bertz CT molecular complexity index is 705. The zero-order valence-electron chi connectivity index (χ0n) is 15.9. The molecule has 5 atom stereocenters. The molecule has 0 aromatic carbocycles. The fourth-order valence-corrected chi connectivity index (χ4v) is 6.30. The topological polar surface area (TPSA) is 34.1 Å². The van der Waals surface area contributed by atoms with E-state index in [2.05, 4.69) is 26.0 Å². The van der Waals surface area contributed by atoms with E-state index in [1.807, 2.05) is 13.0 Å². The van der Waals surface area contributed by atoms with E-state index < -0.39 is 0 Å². The normalized spacial score (nSPS) is 40.1. The Hall–Kier alpha value is -0.860. The molecule has 0 heterocycles. The molecule has 2 saturated carbocycles. The van der Waals surface area contributed by atoms with Gasteiger partial charge in [0.15, 0.2) is 5.78 Å². The first kappa shape index (κ1) is 21.4. The van der Waals surface area contributed by atoms with Gasteiger partial charge in [0.1, 0.15) is 5.78 Å². The van der Waals surface area contributed by atoms with Gasteiger partial charge in [0.05, 0.1) is 0 Å². The van der Waals surface area contributed by atoms with Crippen LogP contribution in [0.25, 0.3) is 0 Å². The highest BCUT2D eigenvalue weighted by Crippen LogP contribution is 2.63. The number of ketones is 2. The summed E-state index contributed by atoms with van der Waals surface area (Å²) in [6.07, 6.45) is 14.3.